The maximum absolute atomic E-state index is 12.3. The fourth-order valence-corrected chi connectivity index (χ4v) is 1.31. The van der Waals surface area contributed by atoms with Crippen molar-refractivity contribution >= 4 is 12.4 Å². The summed E-state index contributed by atoms with van der Waals surface area (Å²) in [5.74, 6) is 0. The molecule has 1 atom stereocenters. The van der Waals surface area contributed by atoms with Crippen LogP contribution in [0.4, 0.5) is 26.3 Å². The minimum Gasteiger partial charge on any atom is -0.324 e. The lowest BCUT2D eigenvalue weighted by Gasteiger charge is -2.16. The van der Waals surface area contributed by atoms with Crippen molar-refractivity contribution in [2.45, 2.75) is 24.8 Å². The van der Waals surface area contributed by atoms with E-state index in [1.54, 1.807) is 0 Å². The zero-order valence-electron chi connectivity index (χ0n) is 8.85. The van der Waals surface area contributed by atoms with Gasteiger partial charge in [0.25, 0.3) is 0 Å². The van der Waals surface area contributed by atoms with Crippen molar-refractivity contribution in [3.05, 3.63) is 35.4 Å². The van der Waals surface area contributed by atoms with Gasteiger partial charge in [-0.25, -0.2) is 0 Å². The van der Waals surface area contributed by atoms with Crippen LogP contribution in [0.5, 0.6) is 0 Å². The second-order valence-corrected chi connectivity index (χ2v) is 3.55. The van der Waals surface area contributed by atoms with E-state index in [0.717, 1.165) is 18.2 Å². The van der Waals surface area contributed by atoms with Gasteiger partial charge in [0.1, 0.15) is 0 Å². The van der Waals surface area contributed by atoms with Gasteiger partial charge in [0.15, 0.2) is 0 Å². The van der Waals surface area contributed by atoms with Gasteiger partial charge < -0.3 is 5.73 Å². The average molecular weight is 294 g/mol. The van der Waals surface area contributed by atoms with Gasteiger partial charge in [-0.1, -0.05) is 12.1 Å². The van der Waals surface area contributed by atoms with E-state index in [1.165, 1.54) is 0 Å². The third kappa shape index (κ3) is 5.14. The van der Waals surface area contributed by atoms with E-state index in [1.807, 2.05) is 0 Å². The fraction of sp³-hybridized carbons (Fsp3) is 0.400. The van der Waals surface area contributed by atoms with Gasteiger partial charge in [0.2, 0.25) is 0 Å². The normalized spacial score (nSPS) is 13.9. The molecule has 0 radical (unpaired) electrons. The van der Waals surface area contributed by atoms with Crippen molar-refractivity contribution in [1.82, 2.24) is 0 Å². The van der Waals surface area contributed by atoms with Gasteiger partial charge in [-0.05, 0) is 17.7 Å². The molecule has 0 saturated heterocycles. The minimum atomic E-state index is -4.59. The first-order chi connectivity index (χ1) is 7.59. The van der Waals surface area contributed by atoms with E-state index < -0.39 is 30.4 Å². The maximum atomic E-state index is 12.3. The summed E-state index contributed by atoms with van der Waals surface area (Å²) in [7, 11) is 0. The van der Waals surface area contributed by atoms with Crippen LogP contribution in [0, 0.1) is 0 Å². The highest BCUT2D eigenvalue weighted by Gasteiger charge is 2.33. The summed E-state index contributed by atoms with van der Waals surface area (Å²) < 4.78 is 73.0. The lowest BCUT2D eigenvalue weighted by Crippen LogP contribution is -2.20. The average Bonchev–Trinajstić information content (AvgIpc) is 2.14. The van der Waals surface area contributed by atoms with Crippen molar-refractivity contribution in [2.24, 2.45) is 5.73 Å². The molecule has 0 aliphatic heterocycles. The van der Waals surface area contributed by atoms with Crippen LogP contribution >= 0.6 is 12.4 Å². The lowest BCUT2D eigenvalue weighted by atomic mass is 10.0. The van der Waals surface area contributed by atoms with Crippen molar-refractivity contribution in [2.75, 3.05) is 0 Å². The van der Waals surface area contributed by atoms with E-state index in [2.05, 4.69) is 0 Å². The molecular formula is C10H10ClF6N. The Labute approximate surface area is 105 Å². The number of hydrogen-bond acceptors (Lipinski definition) is 1. The first-order valence-electron chi connectivity index (χ1n) is 4.59. The lowest BCUT2D eigenvalue weighted by molar-refractivity contribution is -0.138. The molecule has 0 bridgehead atoms. The Hall–Kier alpha value is -0.950. The molecule has 104 valence electrons. The molecule has 1 aromatic rings. The Morgan fingerprint density at radius 2 is 1.61 bits per heavy atom. The van der Waals surface area contributed by atoms with Crippen LogP contribution in [0.25, 0.3) is 0 Å². The largest absolute Gasteiger partial charge is 0.416 e. The second kappa shape index (κ2) is 5.79. The smallest absolute Gasteiger partial charge is 0.324 e. The standard InChI is InChI=1S/C10H9F6N.ClH/c11-9(12,13)5-8(17)6-2-1-3-7(4-6)10(14,15)16;/h1-4,8H,5,17H2;1H/t8-;/m1./s1. The molecule has 0 unspecified atom stereocenters. The maximum Gasteiger partial charge on any atom is 0.416 e. The molecule has 1 aromatic carbocycles. The molecule has 0 heterocycles. The van der Waals surface area contributed by atoms with E-state index in [9.17, 15) is 26.3 Å². The third-order valence-corrected chi connectivity index (χ3v) is 2.09. The summed E-state index contributed by atoms with van der Waals surface area (Å²) >= 11 is 0. The third-order valence-electron chi connectivity index (χ3n) is 2.09. The summed E-state index contributed by atoms with van der Waals surface area (Å²) in [6, 6.07) is 2.11. The Morgan fingerprint density at radius 1 is 1.06 bits per heavy atom. The Kier molecular flexibility index (Phi) is 5.49. The number of hydrogen-bond donors (Lipinski definition) is 1. The highest BCUT2D eigenvalue weighted by Crippen LogP contribution is 2.33. The van der Waals surface area contributed by atoms with Crippen LogP contribution in [0.2, 0.25) is 0 Å². The molecule has 0 aliphatic carbocycles. The van der Waals surface area contributed by atoms with Crippen molar-refractivity contribution < 1.29 is 26.3 Å². The van der Waals surface area contributed by atoms with Gasteiger partial charge in [-0.3, -0.25) is 0 Å². The van der Waals surface area contributed by atoms with Crippen molar-refractivity contribution in [1.29, 1.82) is 0 Å². The molecule has 0 amide bonds. The summed E-state index contributed by atoms with van der Waals surface area (Å²) in [4.78, 5) is 0. The highest BCUT2D eigenvalue weighted by atomic mass is 35.5. The summed E-state index contributed by atoms with van der Waals surface area (Å²) in [6.45, 7) is 0. The molecule has 1 nitrogen and oxygen atoms in total. The van der Waals surface area contributed by atoms with Crippen LogP contribution in [0.1, 0.15) is 23.6 Å². The molecule has 0 saturated carbocycles. The molecule has 0 aliphatic rings. The molecule has 18 heavy (non-hydrogen) atoms. The molecular weight excluding hydrogens is 284 g/mol. The van der Waals surface area contributed by atoms with Crippen LogP contribution in [-0.2, 0) is 6.18 Å². The summed E-state index contributed by atoms with van der Waals surface area (Å²) in [5, 5.41) is 0. The monoisotopic (exact) mass is 293 g/mol. The van der Waals surface area contributed by atoms with Crippen LogP contribution < -0.4 is 5.73 Å². The van der Waals surface area contributed by atoms with Crippen LogP contribution in [-0.4, -0.2) is 6.18 Å². The number of halogens is 7. The van der Waals surface area contributed by atoms with E-state index >= 15 is 0 Å². The van der Waals surface area contributed by atoms with E-state index in [4.69, 9.17) is 5.73 Å². The Bertz CT molecular complexity index is 387. The summed E-state index contributed by atoms with van der Waals surface area (Å²) in [6.07, 6.45) is -10.4. The molecule has 0 spiro atoms. The van der Waals surface area contributed by atoms with Crippen LogP contribution in [0.3, 0.4) is 0 Å². The van der Waals surface area contributed by atoms with Crippen LogP contribution in [0.15, 0.2) is 24.3 Å². The molecule has 8 heteroatoms. The number of alkyl halides is 6. The topological polar surface area (TPSA) is 26.0 Å². The second-order valence-electron chi connectivity index (χ2n) is 3.55. The SMILES string of the molecule is Cl.N[C@H](CC(F)(F)F)c1cccc(C(F)(F)F)c1. The Morgan fingerprint density at radius 3 is 2.06 bits per heavy atom. The number of rotatable bonds is 2. The minimum absolute atomic E-state index is 0. The van der Waals surface area contributed by atoms with Gasteiger partial charge >= 0.3 is 12.4 Å². The molecule has 2 N–H and O–H groups in total. The quantitative estimate of drug-likeness (QED) is 0.817. The van der Waals surface area contributed by atoms with E-state index in [0.29, 0.717) is 6.07 Å². The molecule has 0 aromatic heterocycles. The summed E-state index contributed by atoms with van der Waals surface area (Å²) in [5.41, 5.74) is 4.02. The van der Waals surface area contributed by atoms with Gasteiger partial charge in [-0.15, -0.1) is 12.4 Å². The van der Waals surface area contributed by atoms with Crippen molar-refractivity contribution in [3.63, 3.8) is 0 Å². The predicted molar refractivity (Wildman–Crippen MR) is 56.3 cm³/mol. The van der Waals surface area contributed by atoms with Gasteiger partial charge in [0.05, 0.1) is 12.0 Å². The van der Waals surface area contributed by atoms with E-state index in [-0.39, 0.29) is 18.0 Å². The zero-order chi connectivity index (χ0) is 13.3. The van der Waals surface area contributed by atoms with Crippen molar-refractivity contribution in [3.8, 4) is 0 Å². The Balaban J connectivity index is 0.00000289. The fourth-order valence-electron chi connectivity index (χ4n) is 1.31. The molecule has 1 rings (SSSR count). The van der Waals surface area contributed by atoms with Gasteiger partial charge in [-0.2, -0.15) is 26.3 Å². The number of benzene rings is 1. The number of nitrogens with two attached hydrogens (primary N) is 1. The zero-order valence-corrected chi connectivity index (χ0v) is 9.66. The first kappa shape index (κ1) is 17.1. The molecule has 0 fully saturated rings. The predicted octanol–water partition coefficient (Wildman–Crippen LogP) is 4.08. The van der Waals surface area contributed by atoms with Gasteiger partial charge in [0, 0.05) is 6.04 Å². The first-order valence-corrected chi connectivity index (χ1v) is 4.59. The highest BCUT2D eigenvalue weighted by molar-refractivity contribution is 5.85.